The quantitative estimate of drug-likeness (QED) is 0.230. The number of aryl methyl sites for hydroxylation is 1. The molecule has 0 atom stereocenters. The van der Waals surface area contributed by atoms with Gasteiger partial charge < -0.3 is 24.7 Å². The number of phenolic OH excluding ortho intramolecular Hbond substituents is 1. The van der Waals surface area contributed by atoms with Gasteiger partial charge in [-0.05, 0) is 54.4 Å². The zero-order chi connectivity index (χ0) is 27.9. The summed E-state index contributed by atoms with van der Waals surface area (Å²) in [5.74, 6) is -0.816. The minimum atomic E-state index is -0.585. The fourth-order valence-electron chi connectivity index (χ4n) is 4.19. The Morgan fingerprint density at radius 3 is 2.65 bits per heavy atom. The largest absolute Gasteiger partial charge is 0.507 e. The molecule has 10 heteroatoms. The van der Waals surface area contributed by atoms with E-state index in [9.17, 15) is 20.0 Å². The summed E-state index contributed by atoms with van der Waals surface area (Å²) >= 11 is 0. The summed E-state index contributed by atoms with van der Waals surface area (Å²) in [5, 5.41) is 26.2. The van der Waals surface area contributed by atoms with E-state index in [1.54, 1.807) is 67.1 Å². The topological polar surface area (TPSA) is 146 Å². The van der Waals surface area contributed by atoms with Crippen LogP contribution in [0.5, 0.6) is 5.75 Å². The standard InChI is InChI=1S/C30H24N6O4/c31-18-24-23(20-6-3-7-21(16-20)29(38)33-11-5-13-36-14-12-32-19-36)17-25(22-8-1-2-9-26(22)37)34-28(24)35-30(39)27-10-4-15-40-27/h1-4,6-10,12,14-17,19,37H,5,11,13H2,(H,33,38)(H,34,35,39). The van der Waals surface area contributed by atoms with Crippen molar-refractivity contribution in [1.29, 1.82) is 5.26 Å². The first-order valence-electron chi connectivity index (χ1n) is 12.5. The minimum Gasteiger partial charge on any atom is -0.507 e. The monoisotopic (exact) mass is 532 g/mol. The lowest BCUT2D eigenvalue weighted by Gasteiger charge is -2.14. The molecule has 2 amide bonds. The van der Waals surface area contributed by atoms with E-state index in [-0.39, 0.29) is 28.8 Å². The summed E-state index contributed by atoms with van der Waals surface area (Å²) in [6.07, 6.45) is 7.39. The Labute approximate surface area is 229 Å². The average molecular weight is 533 g/mol. The molecular weight excluding hydrogens is 508 g/mol. The third-order valence-corrected chi connectivity index (χ3v) is 6.16. The number of hydrogen-bond acceptors (Lipinski definition) is 7. The highest BCUT2D eigenvalue weighted by Crippen LogP contribution is 2.35. The molecule has 5 rings (SSSR count). The Morgan fingerprint density at radius 2 is 1.90 bits per heavy atom. The molecule has 0 saturated heterocycles. The number of imidazole rings is 1. The van der Waals surface area contributed by atoms with E-state index in [0.717, 1.165) is 13.0 Å². The van der Waals surface area contributed by atoms with Gasteiger partial charge in [0.05, 0.1) is 18.3 Å². The molecule has 40 heavy (non-hydrogen) atoms. The van der Waals surface area contributed by atoms with E-state index in [0.29, 0.717) is 34.5 Å². The normalized spacial score (nSPS) is 10.6. The summed E-state index contributed by atoms with van der Waals surface area (Å²) < 4.78 is 7.12. The van der Waals surface area contributed by atoms with E-state index >= 15 is 0 Å². The van der Waals surface area contributed by atoms with Crippen molar-refractivity contribution in [2.45, 2.75) is 13.0 Å². The Kier molecular flexibility index (Phi) is 7.64. The summed E-state index contributed by atoms with van der Waals surface area (Å²) in [4.78, 5) is 34.2. The number of aromatic nitrogens is 3. The predicted octanol–water partition coefficient (Wildman–Crippen LogP) is 4.85. The number of rotatable bonds is 9. The van der Waals surface area contributed by atoms with Gasteiger partial charge in [0.15, 0.2) is 11.6 Å². The maximum absolute atomic E-state index is 12.9. The van der Waals surface area contributed by atoms with Crippen LogP contribution in [-0.2, 0) is 6.54 Å². The molecule has 3 N–H and O–H groups in total. The molecule has 0 aliphatic carbocycles. The van der Waals surface area contributed by atoms with Crippen LogP contribution in [0.3, 0.4) is 0 Å². The van der Waals surface area contributed by atoms with Gasteiger partial charge in [0, 0.05) is 42.2 Å². The van der Waals surface area contributed by atoms with E-state index in [1.165, 1.54) is 18.4 Å². The van der Waals surface area contributed by atoms with E-state index in [1.807, 2.05) is 10.8 Å². The molecule has 2 aromatic carbocycles. The van der Waals surface area contributed by atoms with E-state index in [2.05, 4.69) is 26.7 Å². The van der Waals surface area contributed by atoms with Crippen molar-refractivity contribution in [1.82, 2.24) is 19.9 Å². The van der Waals surface area contributed by atoms with Crippen molar-refractivity contribution in [2.75, 3.05) is 11.9 Å². The molecule has 0 spiro atoms. The molecule has 5 aromatic rings. The van der Waals surface area contributed by atoms with Crippen molar-refractivity contribution in [3.8, 4) is 34.2 Å². The number of pyridine rings is 1. The summed E-state index contributed by atoms with van der Waals surface area (Å²) in [5.41, 5.74) is 2.24. The fraction of sp³-hybridized carbons (Fsp3) is 0.100. The summed E-state index contributed by atoms with van der Waals surface area (Å²) in [6.45, 7) is 1.20. The smallest absolute Gasteiger partial charge is 0.292 e. The van der Waals surface area contributed by atoms with Gasteiger partial charge in [-0.3, -0.25) is 9.59 Å². The number of aromatic hydroxyl groups is 1. The van der Waals surface area contributed by atoms with Crippen molar-refractivity contribution in [2.24, 2.45) is 0 Å². The maximum Gasteiger partial charge on any atom is 0.292 e. The number of nitrogens with zero attached hydrogens (tertiary/aromatic N) is 4. The van der Waals surface area contributed by atoms with Crippen LogP contribution in [0, 0.1) is 11.3 Å². The van der Waals surface area contributed by atoms with Gasteiger partial charge in [-0.15, -0.1) is 0 Å². The van der Waals surface area contributed by atoms with E-state index < -0.39 is 5.91 Å². The summed E-state index contributed by atoms with van der Waals surface area (Å²) in [6, 6.07) is 20.3. The van der Waals surface area contributed by atoms with Crippen LogP contribution >= 0.6 is 0 Å². The van der Waals surface area contributed by atoms with Crippen LogP contribution in [0.2, 0.25) is 0 Å². The Hall–Kier alpha value is -5.69. The second-order valence-electron chi connectivity index (χ2n) is 8.83. The third kappa shape index (κ3) is 5.74. The molecule has 0 aliphatic heterocycles. The molecule has 198 valence electrons. The highest BCUT2D eigenvalue weighted by Gasteiger charge is 2.20. The Morgan fingerprint density at radius 1 is 1.02 bits per heavy atom. The lowest BCUT2D eigenvalue weighted by atomic mass is 9.96. The molecule has 0 bridgehead atoms. The van der Waals surface area contributed by atoms with Crippen molar-refractivity contribution in [3.63, 3.8) is 0 Å². The second kappa shape index (κ2) is 11.8. The minimum absolute atomic E-state index is 0.00555. The van der Waals surface area contributed by atoms with Crippen molar-refractivity contribution >= 4 is 17.6 Å². The first-order chi connectivity index (χ1) is 19.5. The van der Waals surface area contributed by atoms with Crippen LogP contribution < -0.4 is 10.6 Å². The van der Waals surface area contributed by atoms with Gasteiger partial charge in [-0.2, -0.15) is 5.26 Å². The number of hydrogen-bond donors (Lipinski definition) is 3. The lowest BCUT2D eigenvalue weighted by Crippen LogP contribution is -2.25. The first kappa shape index (κ1) is 25.9. The fourth-order valence-corrected chi connectivity index (χ4v) is 4.19. The number of furan rings is 1. The van der Waals surface area contributed by atoms with Crippen LogP contribution in [0.1, 0.15) is 32.9 Å². The lowest BCUT2D eigenvalue weighted by molar-refractivity contribution is 0.0951. The Bertz CT molecular complexity index is 1690. The molecule has 3 aromatic heterocycles. The number of amides is 2. The van der Waals surface area contributed by atoms with Crippen LogP contribution in [0.4, 0.5) is 5.82 Å². The second-order valence-corrected chi connectivity index (χ2v) is 8.83. The van der Waals surface area contributed by atoms with Crippen LogP contribution in [-0.4, -0.2) is 38.0 Å². The average Bonchev–Trinajstić information content (AvgIpc) is 3.70. The van der Waals surface area contributed by atoms with Gasteiger partial charge >= 0.3 is 0 Å². The number of phenols is 1. The Balaban J connectivity index is 1.48. The molecule has 0 unspecified atom stereocenters. The molecule has 3 heterocycles. The highest BCUT2D eigenvalue weighted by atomic mass is 16.3. The van der Waals surface area contributed by atoms with Crippen molar-refractivity contribution in [3.05, 3.63) is 109 Å². The third-order valence-electron chi connectivity index (χ3n) is 6.16. The first-order valence-corrected chi connectivity index (χ1v) is 12.5. The van der Waals surface area contributed by atoms with Crippen LogP contribution in [0.15, 0.2) is 96.1 Å². The zero-order valence-electron chi connectivity index (χ0n) is 21.2. The molecule has 0 fully saturated rings. The van der Waals surface area contributed by atoms with Gasteiger partial charge in [0.25, 0.3) is 11.8 Å². The number of nitrogens with one attached hydrogen (secondary N) is 2. The number of para-hydroxylation sites is 1. The number of anilines is 1. The van der Waals surface area contributed by atoms with Gasteiger partial charge in [-0.1, -0.05) is 24.3 Å². The van der Waals surface area contributed by atoms with Gasteiger partial charge in [-0.25, -0.2) is 9.97 Å². The maximum atomic E-state index is 12.9. The number of nitriles is 1. The molecule has 0 radical (unpaired) electrons. The number of benzene rings is 2. The van der Waals surface area contributed by atoms with Gasteiger partial charge in [0.2, 0.25) is 0 Å². The molecular formula is C30H24N6O4. The SMILES string of the molecule is N#Cc1c(-c2cccc(C(=O)NCCCn3ccnc3)c2)cc(-c2ccccc2O)nc1NC(=O)c1ccco1. The summed E-state index contributed by atoms with van der Waals surface area (Å²) in [7, 11) is 0. The predicted molar refractivity (Wildman–Crippen MR) is 147 cm³/mol. The zero-order valence-corrected chi connectivity index (χ0v) is 21.2. The number of carbonyl (C=O) groups excluding carboxylic acids is 2. The molecule has 0 aliphatic rings. The highest BCUT2D eigenvalue weighted by molar-refractivity contribution is 6.03. The van der Waals surface area contributed by atoms with Crippen molar-refractivity contribution < 1.29 is 19.1 Å². The molecule has 0 saturated carbocycles. The van der Waals surface area contributed by atoms with Gasteiger partial charge in [0.1, 0.15) is 17.4 Å². The number of carbonyl (C=O) groups is 2. The van der Waals surface area contributed by atoms with E-state index in [4.69, 9.17) is 4.42 Å². The van der Waals surface area contributed by atoms with Crippen LogP contribution in [0.25, 0.3) is 22.4 Å². The molecule has 10 nitrogen and oxygen atoms in total.